The van der Waals surface area contributed by atoms with E-state index in [2.05, 4.69) is 21.8 Å². The highest BCUT2D eigenvalue weighted by atomic mass is 35.5. The minimum Gasteiger partial charge on any atom is -0.490 e. The molecule has 2 aliphatic carbocycles. The topological polar surface area (TPSA) is 95.9 Å². The van der Waals surface area contributed by atoms with Crippen LogP contribution in [0.5, 0.6) is 5.75 Å². The molecule has 1 fully saturated rings. The van der Waals surface area contributed by atoms with Crippen molar-refractivity contribution < 1.29 is 23.1 Å². The molecule has 1 amide bonds. The summed E-state index contributed by atoms with van der Waals surface area (Å²) in [4.78, 5) is 15.5. The largest absolute Gasteiger partial charge is 0.490 e. The number of nitrogens with one attached hydrogen (secondary N) is 1. The first-order valence-corrected chi connectivity index (χ1v) is 16.4. The third-order valence-corrected chi connectivity index (χ3v) is 11.0. The van der Waals surface area contributed by atoms with Gasteiger partial charge in [0.2, 0.25) is 10.0 Å². The second-order valence-corrected chi connectivity index (χ2v) is 14.4. The molecule has 9 heteroatoms. The molecule has 0 aromatic heterocycles. The number of fused-ring (bicyclic) bond motifs is 4. The molecule has 2 aliphatic heterocycles. The van der Waals surface area contributed by atoms with Gasteiger partial charge in [0.1, 0.15) is 5.75 Å². The number of benzene rings is 2. The molecule has 6 rings (SSSR count). The fraction of sp³-hybridized carbons (Fsp3) is 0.516. The van der Waals surface area contributed by atoms with E-state index in [9.17, 15) is 18.3 Å². The van der Waals surface area contributed by atoms with E-state index in [0.29, 0.717) is 31.2 Å². The summed E-state index contributed by atoms with van der Waals surface area (Å²) >= 11 is 6.37. The highest BCUT2D eigenvalue weighted by Crippen LogP contribution is 2.46. The molecule has 2 bridgehead atoms. The molecule has 0 radical (unpaired) electrons. The van der Waals surface area contributed by atoms with Gasteiger partial charge in [-0.15, -0.1) is 0 Å². The van der Waals surface area contributed by atoms with Crippen molar-refractivity contribution in [3.05, 3.63) is 70.3 Å². The molecule has 2 N–H and O–H groups in total. The number of carbonyl (C=O) groups excluding carboxylic acids is 1. The number of rotatable bonds is 0. The van der Waals surface area contributed by atoms with E-state index in [1.807, 2.05) is 18.2 Å². The first-order chi connectivity index (χ1) is 19.1. The maximum atomic E-state index is 13.2. The van der Waals surface area contributed by atoms with Crippen LogP contribution in [0.2, 0.25) is 5.02 Å². The number of hydrogen-bond donors (Lipinski definition) is 2. The molecule has 40 heavy (non-hydrogen) atoms. The number of aliphatic hydroxyl groups is 1. The number of aryl methyl sites for hydroxylation is 1. The van der Waals surface area contributed by atoms with Crippen LogP contribution < -0.4 is 14.4 Å². The Hall–Kier alpha value is -2.55. The van der Waals surface area contributed by atoms with E-state index in [4.69, 9.17) is 16.3 Å². The highest BCUT2D eigenvalue weighted by Gasteiger charge is 2.44. The monoisotopic (exact) mass is 584 g/mol. The van der Waals surface area contributed by atoms with Crippen molar-refractivity contribution in [1.29, 1.82) is 0 Å². The Morgan fingerprint density at radius 3 is 2.83 bits per heavy atom. The molecule has 1 unspecified atom stereocenters. The van der Waals surface area contributed by atoms with Crippen LogP contribution in [0.3, 0.4) is 0 Å². The van der Waals surface area contributed by atoms with Gasteiger partial charge in [-0.1, -0.05) is 36.7 Å². The lowest BCUT2D eigenvalue weighted by Gasteiger charge is -2.45. The summed E-state index contributed by atoms with van der Waals surface area (Å²) in [6.45, 7) is 3.73. The summed E-state index contributed by atoms with van der Waals surface area (Å²) in [5.74, 6) is 0.0322. The number of ether oxygens (including phenoxy) is 1. The summed E-state index contributed by atoms with van der Waals surface area (Å²) in [6, 6.07) is 11.4. The van der Waals surface area contributed by atoms with Crippen LogP contribution in [-0.4, -0.2) is 51.0 Å². The molecule has 7 nitrogen and oxygen atoms in total. The zero-order valence-corrected chi connectivity index (χ0v) is 24.4. The van der Waals surface area contributed by atoms with E-state index >= 15 is 0 Å². The Morgan fingerprint density at radius 1 is 1.18 bits per heavy atom. The lowest BCUT2D eigenvalue weighted by atomic mass is 9.68. The van der Waals surface area contributed by atoms with Gasteiger partial charge in [0.05, 0.1) is 24.2 Å². The number of halogens is 1. The fourth-order valence-corrected chi connectivity index (χ4v) is 8.62. The summed E-state index contributed by atoms with van der Waals surface area (Å²) in [5.41, 5.74) is 3.34. The summed E-state index contributed by atoms with van der Waals surface area (Å²) in [6.07, 6.45) is 8.69. The van der Waals surface area contributed by atoms with E-state index in [-0.39, 0.29) is 28.6 Å². The zero-order valence-electron chi connectivity index (χ0n) is 22.8. The van der Waals surface area contributed by atoms with Gasteiger partial charge in [-0.05, 0) is 97.7 Å². The van der Waals surface area contributed by atoms with Gasteiger partial charge in [-0.3, -0.25) is 4.79 Å². The third-order valence-electron chi connectivity index (χ3n) is 9.30. The molecule has 5 atom stereocenters. The summed E-state index contributed by atoms with van der Waals surface area (Å²) in [5, 5.41) is 11.8. The van der Waals surface area contributed by atoms with Gasteiger partial charge in [0.15, 0.2) is 0 Å². The fourth-order valence-electron chi connectivity index (χ4n) is 7.13. The minimum atomic E-state index is -3.85. The Labute approximate surface area is 241 Å². The molecule has 4 aliphatic rings. The quantitative estimate of drug-likeness (QED) is 0.430. The van der Waals surface area contributed by atoms with Crippen molar-refractivity contribution in [1.82, 2.24) is 4.72 Å². The first kappa shape index (κ1) is 27.6. The number of carbonyl (C=O) groups is 1. The second kappa shape index (κ2) is 10.7. The van der Waals surface area contributed by atoms with Crippen molar-refractivity contribution >= 4 is 33.2 Å². The number of hydrogen-bond acceptors (Lipinski definition) is 6. The lowest BCUT2D eigenvalue weighted by Crippen LogP contribution is -2.49. The smallest absolute Gasteiger partial charge is 0.264 e. The van der Waals surface area contributed by atoms with Crippen LogP contribution in [0, 0.1) is 17.8 Å². The molecule has 0 saturated heterocycles. The molecular formula is C31H37ClN2O5S. The average Bonchev–Trinajstić information content (AvgIpc) is 3.02. The van der Waals surface area contributed by atoms with Crippen molar-refractivity contribution in [2.75, 3.05) is 30.3 Å². The molecule has 2 aromatic carbocycles. The average molecular weight is 585 g/mol. The minimum absolute atomic E-state index is 0.170. The lowest BCUT2D eigenvalue weighted by molar-refractivity contribution is 0.0177. The zero-order chi connectivity index (χ0) is 28.1. The number of nitrogens with zero attached hydrogens (tertiary/aromatic N) is 1. The maximum absolute atomic E-state index is 13.2. The van der Waals surface area contributed by atoms with Crippen molar-refractivity contribution in [3.63, 3.8) is 0 Å². The number of anilines is 1. The van der Waals surface area contributed by atoms with Crippen molar-refractivity contribution in [3.8, 4) is 5.75 Å². The van der Waals surface area contributed by atoms with Crippen LogP contribution in [0.4, 0.5) is 5.69 Å². The predicted molar refractivity (Wildman–Crippen MR) is 157 cm³/mol. The molecule has 1 saturated carbocycles. The number of aliphatic hydroxyl groups excluding tert-OH is 1. The van der Waals surface area contributed by atoms with Crippen LogP contribution in [0.25, 0.3) is 0 Å². The van der Waals surface area contributed by atoms with Crippen LogP contribution in [0.1, 0.15) is 60.5 Å². The predicted octanol–water partition coefficient (Wildman–Crippen LogP) is 4.86. The molecule has 1 spiro atoms. The van der Waals surface area contributed by atoms with E-state index in [0.717, 1.165) is 49.4 Å². The maximum Gasteiger partial charge on any atom is 0.264 e. The van der Waals surface area contributed by atoms with Crippen LogP contribution in [0.15, 0.2) is 48.6 Å². The van der Waals surface area contributed by atoms with E-state index in [1.165, 1.54) is 11.1 Å². The van der Waals surface area contributed by atoms with Gasteiger partial charge in [0, 0.05) is 29.1 Å². The van der Waals surface area contributed by atoms with Crippen LogP contribution >= 0.6 is 11.6 Å². The van der Waals surface area contributed by atoms with E-state index in [1.54, 1.807) is 25.1 Å². The number of sulfonamides is 1. The molecule has 2 heterocycles. The Morgan fingerprint density at radius 2 is 2.02 bits per heavy atom. The molecule has 2 aromatic rings. The SMILES string of the molecule is C[C@H]1/C=C/CC(O)[C@@H]2CC[C@H]2CN2C[C@@]3(CCCc4cc(Cl)ccc43)COc3ccc(cc32)C(=O)NS(=O)(=O)C1. The molecular weight excluding hydrogens is 548 g/mol. The Kier molecular flexibility index (Phi) is 7.38. The van der Waals surface area contributed by atoms with Crippen LogP contribution in [-0.2, 0) is 21.9 Å². The standard InChI is InChI=1S/C31H37ClN2O5S/c1-20-4-2-6-28(35)25-10-7-23(25)16-34-18-31(13-3-5-21-14-24(32)9-11-26(21)31)19-39-29-12-8-22(15-27(29)34)30(36)33-40(37,38)17-20/h2,4,8-9,11-12,14-15,20,23,25,28,35H,3,5-7,10,13,16-19H2,1H3,(H,33,36)/b4-2+/t20-,23-,25+,28?,31-/m0/s1. The number of allylic oxidation sites excluding steroid dienone is 1. The number of amides is 1. The van der Waals surface area contributed by atoms with Gasteiger partial charge < -0.3 is 14.7 Å². The van der Waals surface area contributed by atoms with Gasteiger partial charge in [-0.2, -0.15) is 0 Å². The highest BCUT2D eigenvalue weighted by molar-refractivity contribution is 7.90. The normalized spacial score (nSPS) is 32.5. The summed E-state index contributed by atoms with van der Waals surface area (Å²) < 4.78 is 34.3. The second-order valence-electron chi connectivity index (χ2n) is 12.2. The van der Waals surface area contributed by atoms with Gasteiger partial charge >= 0.3 is 0 Å². The van der Waals surface area contributed by atoms with Crippen molar-refractivity contribution in [2.45, 2.75) is 57.0 Å². The van der Waals surface area contributed by atoms with Crippen molar-refractivity contribution in [2.24, 2.45) is 17.8 Å². The summed E-state index contributed by atoms with van der Waals surface area (Å²) in [7, 11) is -3.85. The third kappa shape index (κ3) is 5.38. The molecule has 214 valence electrons. The Bertz CT molecular complexity index is 1440. The van der Waals surface area contributed by atoms with E-state index < -0.39 is 22.0 Å². The van der Waals surface area contributed by atoms with Gasteiger partial charge in [-0.25, -0.2) is 13.1 Å². The Balaban J connectivity index is 1.41. The first-order valence-electron chi connectivity index (χ1n) is 14.3. The van der Waals surface area contributed by atoms with Gasteiger partial charge in [0.25, 0.3) is 5.91 Å².